The first kappa shape index (κ1) is 49.4. The van der Waals surface area contributed by atoms with Crippen molar-refractivity contribution in [2.45, 2.75) is 126 Å². The fourth-order valence-electron chi connectivity index (χ4n) is 12.6. The van der Waals surface area contributed by atoms with Gasteiger partial charge in [-0.05, 0) is 135 Å². The van der Waals surface area contributed by atoms with Crippen LogP contribution in [0.2, 0.25) is 0 Å². The molecule has 3 saturated heterocycles. The number of nitro groups is 1. The Bertz CT molecular complexity index is 3000. The number of hydrogen-bond acceptors (Lipinski definition) is 14. The summed E-state index contributed by atoms with van der Waals surface area (Å²) in [5.41, 5.74) is 4.85. The Hall–Kier alpha value is -5.79. The third-order valence-corrected chi connectivity index (χ3v) is 18.2. The van der Waals surface area contributed by atoms with Crippen molar-refractivity contribution in [3.05, 3.63) is 106 Å². The second kappa shape index (κ2) is 19.2. The highest BCUT2D eigenvalue weighted by Crippen LogP contribution is 2.54. The van der Waals surface area contributed by atoms with Gasteiger partial charge in [0, 0.05) is 62.2 Å². The molecule has 73 heavy (non-hydrogen) atoms. The molecule has 1 spiro atoms. The zero-order valence-corrected chi connectivity index (χ0v) is 43.1. The number of aromatic amines is 1. The van der Waals surface area contributed by atoms with Gasteiger partial charge < -0.3 is 39.4 Å². The lowest BCUT2D eigenvalue weighted by atomic mass is 9.59. The average molecular weight is 1020 g/mol. The number of nitrogens with zero attached hydrogens (tertiary/aromatic N) is 5. The fraction of sp³-hybridized carbons (Fsp3) is 0.527. The first-order chi connectivity index (χ1) is 34.9. The van der Waals surface area contributed by atoms with Gasteiger partial charge in [-0.3, -0.25) is 19.8 Å². The highest BCUT2D eigenvalue weighted by molar-refractivity contribution is 7.90. The Kier molecular flexibility index (Phi) is 13.0. The molecule has 1 amide bonds. The fourth-order valence-corrected chi connectivity index (χ4v) is 13.6. The van der Waals surface area contributed by atoms with Crippen LogP contribution >= 0.6 is 0 Å². The second-order valence-corrected chi connectivity index (χ2v) is 24.5. The summed E-state index contributed by atoms with van der Waals surface area (Å²) in [6.07, 6.45) is 9.06. The third-order valence-electron chi connectivity index (χ3n) is 16.8. The summed E-state index contributed by atoms with van der Waals surface area (Å²) in [5.74, 6) is -0.315. The smallest absolute Gasteiger partial charge is 0.293 e. The normalized spacial score (nSPS) is 25.6. The number of piperidine rings is 1. The van der Waals surface area contributed by atoms with E-state index in [2.05, 4.69) is 74.8 Å². The molecule has 5 fully saturated rings. The predicted molar refractivity (Wildman–Crippen MR) is 279 cm³/mol. The number of aliphatic hydroxyl groups is 1. The lowest BCUT2D eigenvalue weighted by Crippen LogP contribution is -2.58. The molecule has 17 nitrogen and oxygen atoms in total. The number of ether oxygens (including phenoxy) is 3. The van der Waals surface area contributed by atoms with Gasteiger partial charge in [-0.1, -0.05) is 45.0 Å². The van der Waals surface area contributed by atoms with E-state index in [0.717, 1.165) is 81.9 Å². The summed E-state index contributed by atoms with van der Waals surface area (Å²) in [5, 5.41) is 26.8. The predicted octanol–water partition coefficient (Wildman–Crippen LogP) is 8.75. The molecule has 11 rings (SSSR count). The maximum absolute atomic E-state index is 14.7. The molecule has 6 heterocycles. The van der Waals surface area contributed by atoms with E-state index in [1.807, 2.05) is 37.4 Å². The Morgan fingerprint density at radius 1 is 0.932 bits per heavy atom. The number of morpholine rings is 1. The molecule has 0 unspecified atom stereocenters. The van der Waals surface area contributed by atoms with Crippen LogP contribution in [0.25, 0.3) is 11.0 Å². The largest absolute Gasteiger partial charge is 0.468 e. The van der Waals surface area contributed by atoms with Crippen molar-refractivity contribution in [2.75, 3.05) is 67.7 Å². The third kappa shape index (κ3) is 9.76. The molecule has 18 heteroatoms. The van der Waals surface area contributed by atoms with Crippen LogP contribution in [0, 0.1) is 21.4 Å². The monoisotopic (exact) mass is 1020 g/mol. The highest BCUT2D eigenvalue weighted by atomic mass is 32.2. The molecule has 0 bridgehead atoms. The van der Waals surface area contributed by atoms with Crippen LogP contribution in [0.5, 0.6) is 5.88 Å². The van der Waals surface area contributed by atoms with E-state index >= 15 is 0 Å². The summed E-state index contributed by atoms with van der Waals surface area (Å²) in [6.45, 7) is 13.9. The molecule has 388 valence electrons. The molecule has 4 aliphatic heterocycles. The van der Waals surface area contributed by atoms with Crippen LogP contribution < -0.4 is 24.6 Å². The van der Waals surface area contributed by atoms with Gasteiger partial charge in [0.2, 0.25) is 5.88 Å². The number of carbonyl (C=O) groups is 1. The van der Waals surface area contributed by atoms with E-state index in [-0.39, 0.29) is 40.1 Å². The zero-order valence-electron chi connectivity index (χ0n) is 42.3. The molecule has 3 atom stereocenters. The van der Waals surface area contributed by atoms with Crippen LogP contribution in [-0.4, -0.2) is 116 Å². The van der Waals surface area contributed by atoms with Crippen molar-refractivity contribution in [3.63, 3.8) is 0 Å². The number of H-pyrrole nitrogens is 1. The lowest BCUT2D eigenvalue weighted by Gasteiger charge is -2.57. The molecular formula is C55H68N8O9S. The molecule has 0 radical (unpaired) electrons. The topological polar surface area (TPSA) is 205 Å². The van der Waals surface area contributed by atoms with E-state index in [1.165, 1.54) is 23.3 Å². The first-order valence-electron chi connectivity index (χ1n) is 26.1. The number of hydrogen-bond donors (Lipinski definition) is 4. The van der Waals surface area contributed by atoms with E-state index in [9.17, 15) is 28.4 Å². The summed E-state index contributed by atoms with van der Waals surface area (Å²) in [7, 11) is -4.62. The first-order valence-corrected chi connectivity index (χ1v) is 27.6. The molecule has 4 N–H and O–H groups in total. The Balaban J connectivity index is 0.863. The minimum absolute atomic E-state index is 0.0213. The minimum atomic E-state index is -4.62. The number of nitro benzene ring substituents is 1. The van der Waals surface area contributed by atoms with Crippen molar-refractivity contribution in [2.24, 2.45) is 11.3 Å². The number of carbonyl (C=O) groups excluding carboxylic acids is 1. The maximum Gasteiger partial charge on any atom is 0.293 e. The van der Waals surface area contributed by atoms with Gasteiger partial charge in [-0.25, -0.2) is 13.1 Å². The van der Waals surface area contributed by atoms with Crippen LogP contribution in [0.4, 0.5) is 28.4 Å². The SMILES string of the molecule is CC1(O)CCC(CNc2ccc(S(=O)(=O)NC(=O)c3ccc(N4CCC5(CC4)CC(N4CCOC[C@H]4c4ccccc4C(C)(C)C)C5)cc3N3c4cc5cc[nH]c5nc4O[C@H]4COCC[C@@H]43)cc2[N+](=O)[O-])CC1. The molecular weight excluding hydrogens is 949 g/mol. The van der Waals surface area contributed by atoms with Crippen LogP contribution in [0.3, 0.4) is 0 Å². The van der Waals surface area contributed by atoms with E-state index in [1.54, 1.807) is 6.07 Å². The zero-order chi connectivity index (χ0) is 50.9. The van der Waals surface area contributed by atoms with E-state index in [4.69, 9.17) is 19.2 Å². The molecule has 5 aromatic rings. The number of amides is 1. The van der Waals surface area contributed by atoms with Gasteiger partial charge in [0.1, 0.15) is 23.1 Å². The van der Waals surface area contributed by atoms with Crippen molar-refractivity contribution < 1.29 is 37.5 Å². The highest BCUT2D eigenvalue weighted by Gasteiger charge is 2.50. The number of rotatable bonds is 11. The molecule has 2 saturated carbocycles. The summed E-state index contributed by atoms with van der Waals surface area (Å²) < 4.78 is 49.2. The maximum atomic E-state index is 14.7. The van der Waals surface area contributed by atoms with Crippen molar-refractivity contribution >= 4 is 55.4 Å². The second-order valence-electron chi connectivity index (χ2n) is 22.8. The summed E-state index contributed by atoms with van der Waals surface area (Å²) in [6, 6.07) is 22.4. The van der Waals surface area contributed by atoms with Crippen LogP contribution in [0.15, 0.2) is 83.9 Å². The van der Waals surface area contributed by atoms with Crippen molar-refractivity contribution in [1.29, 1.82) is 0 Å². The van der Waals surface area contributed by atoms with Crippen LogP contribution in [-0.2, 0) is 24.9 Å². The quantitative estimate of drug-likeness (QED) is 0.0722. The summed E-state index contributed by atoms with van der Waals surface area (Å²) in [4.78, 5) is 41.3. The standard InChI is InChI=1S/C55H68N8O9S/c1-53(2,3)42-8-6-5-7-40(42)48-33-71-26-24-61(48)38-30-55(31-38)19-22-60(23-20-55)37-9-11-41(45(28-37)62-44-16-25-70-34-49(44)72-52-47(62)27-36-15-21-56-50(36)58-52)51(64)59-73(68,69)39-10-12-43(46(29-39)63(66)67)57-32-35-13-17-54(4,65)18-14-35/h5-12,15,21,27-29,35,38,44,48-49,57,65H,13-14,16-20,22-26,30-34H2,1-4H3,(H,56,58)(H,59,64)/t35?,44-,48-,49-,54?/m0/s1. The van der Waals surface area contributed by atoms with Gasteiger partial charge in [0.25, 0.3) is 21.6 Å². The number of aromatic nitrogens is 2. The number of fused-ring (bicyclic) bond motifs is 3. The van der Waals surface area contributed by atoms with Crippen LogP contribution in [0.1, 0.15) is 113 Å². The van der Waals surface area contributed by atoms with Crippen molar-refractivity contribution in [1.82, 2.24) is 19.6 Å². The average Bonchev–Trinajstić information content (AvgIpc) is 3.83. The molecule has 3 aromatic carbocycles. The van der Waals surface area contributed by atoms with Gasteiger partial charge in [-0.15, -0.1) is 0 Å². The van der Waals surface area contributed by atoms with Gasteiger partial charge in [-0.2, -0.15) is 4.98 Å². The minimum Gasteiger partial charge on any atom is -0.468 e. The number of anilines is 4. The van der Waals surface area contributed by atoms with E-state index < -0.39 is 43.1 Å². The summed E-state index contributed by atoms with van der Waals surface area (Å²) >= 11 is 0. The number of sulfonamides is 1. The Labute approximate surface area is 427 Å². The van der Waals surface area contributed by atoms with Gasteiger partial charge >= 0.3 is 0 Å². The number of pyridine rings is 1. The van der Waals surface area contributed by atoms with E-state index in [0.29, 0.717) is 74.6 Å². The number of nitrogens with one attached hydrogen (secondary N) is 3. The molecule has 2 aliphatic carbocycles. The van der Waals surface area contributed by atoms with Gasteiger partial charge in [0.05, 0.1) is 58.6 Å². The van der Waals surface area contributed by atoms with Crippen molar-refractivity contribution in [3.8, 4) is 5.88 Å². The van der Waals surface area contributed by atoms with Gasteiger partial charge in [0.15, 0.2) is 0 Å². The molecule has 2 aromatic heterocycles. The Morgan fingerprint density at radius 2 is 1.70 bits per heavy atom. The number of benzene rings is 3. The Morgan fingerprint density at radius 3 is 2.47 bits per heavy atom. The molecule has 6 aliphatic rings. The lowest BCUT2D eigenvalue weighted by molar-refractivity contribution is -0.384.